The van der Waals surface area contributed by atoms with Gasteiger partial charge in [-0.1, -0.05) is 13.8 Å². The van der Waals surface area contributed by atoms with E-state index in [-0.39, 0.29) is 0 Å². The van der Waals surface area contributed by atoms with Crippen molar-refractivity contribution in [1.29, 1.82) is 0 Å². The Labute approximate surface area is 121 Å². The topological polar surface area (TPSA) is 51.5 Å². The maximum atomic E-state index is 5.52. The Morgan fingerprint density at radius 2 is 2.21 bits per heavy atom. The van der Waals surface area contributed by atoms with Gasteiger partial charge >= 0.3 is 0 Å². The molecule has 0 aliphatic carbocycles. The van der Waals surface area contributed by atoms with Crippen molar-refractivity contribution < 1.29 is 4.74 Å². The van der Waals surface area contributed by atoms with Crippen molar-refractivity contribution in [2.24, 2.45) is 5.92 Å². The molecule has 0 aliphatic heterocycles. The zero-order valence-electron chi connectivity index (χ0n) is 11.3. The Kier molecular flexibility index (Phi) is 5.30. The number of fused-ring (bicyclic) bond motifs is 1. The molecule has 2 rings (SSSR count). The van der Waals surface area contributed by atoms with E-state index in [0.29, 0.717) is 5.92 Å². The van der Waals surface area contributed by atoms with Crippen molar-refractivity contribution in [3.63, 3.8) is 0 Å². The second-order valence-electron chi connectivity index (χ2n) is 4.83. The van der Waals surface area contributed by atoms with E-state index in [1.807, 2.05) is 16.8 Å². The molecule has 0 bridgehead atoms. The standard InChI is InChI=1S/C13H19BrN4O/c1-10(2)9-19-4-3-15-5-11-6-17-13-7-16-12(14)8-18(11)13/h6-8,10,15H,3-5,9H2,1-2H3. The molecule has 0 spiro atoms. The fourth-order valence-corrected chi connectivity index (χ4v) is 2.03. The van der Waals surface area contributed by atoms with Crippen LogP contribution >= 0.6 is 15.9 Å². The van der Waals surface area contributed by atoms with Gasteiger partial charge in [-0.2, -0.15) is 0 Å². The first kappa shape index (κ1) is 14.4. The van der Waals surface area contributed by atoms with E-state index in [4.69, 9.17) is 4.74 Å². The van der Waals surface area contributed by atoms with E-state index in [0.717, 1.165) is 42.2 Å². The summed E-state index contributed by atoms with van der Waals surface area (Å²) in [4.78, 5) is 8.46. The second-order valence-corrected chi connectivity index (χ2v) is 5.65. The van der Waals surface area contributed by atoms with E-state index in [9.17, 15) is 0 Å². The van der Waals surface area contributed by atoms with Gasteiger partial charge in [0.1, 0.15) is 4.60 Å². The van der Waals surface area contributed by atoms with Gasteiger partial charge in [0.05, 0.1) is 24.7 Å². The van der Waals surface area contributed by atoms with Gasteiger partial charge in [-0.25, -0.2) is 9.97 Å². The van der Waals surface area contributed by atoms with E-state index in [1.165, 1.54) is 0 Å². The molecule has 0 aromatic carbocycles. The lowest BCUT2D eigenvalue weighted by Gasteiger charge is -2.08. The maximum Gasteiger partial charge on any atom is 0.155 e. The number of nitrogens with one attached hydrogen (secondary N) is 1. The summed E-state index contributed by atoms with van der Waals surface area (Å²) in [6.45, 7) is 7.46. The van der Waals surface area contributed by atoms with Gasteiger partial charge in [0.25, 0.3) is 0 Å². The molecule has 0 fully saturated rings. The highest BCUT2D eigenvalue weighted by Crippen LogP contribution is 2.10. The van der Waals surface area contributed by atoms with Gasteiger partial charge in [-0.3, -0.25) is 4.40 Å². The van der Waals surface area contributed by atoms with Crippen LogP contribution in [0.4, 0.5) is 0 Å². The van der Waals surface area contributed by atoms with Crippen LogP contribution in [0.25, 0.3) is 5.65 Å². The van der Waals surface area contributed by atoms with Crippen LogP contribution in [-0.4, -0.2) is 34.1 Å². The molecule has 0 unspecified atom stereocenters. The monoisotopic (exact) mass is 326 g/mol. The number of hydrogen-bond acceptors (Lipinski definition) is 4. The number of rotatable bonds is 7. The molecule has 2 aromatic heterocycles. The summed E-state index contributed by atoms with van der Waals surface area (Å²) in [5.41, 5.74) is 1.97. The Balaban J connectivity index is 1.80. The first-order valence-electron chi connectivity index (χ1n) is 6.42. The van der Waals surface area contributed by atoms with Crippen LogP contribution in [-0.2, 0) is 11.3 Å². The number of hydrogen-bond donors (Lipinski definition) is 1. The van der Waals surface area contributed by atoms with Crippen molar-refractivity contribution in [2.75, 3.05) is 19.8 Å². The smallest absolute Gasteiger partial charge is 0.155 e. The number of ether oxygens (including phenoxy) is 1. The SMILES string of the molecule is CC(C)COCCNCc1cnc2cnc(Br)cn12. The van der Waals surface area contributed by atoms with Crippen molar-refractivity contribution in [2.45, 2.75) is 20.4 Å². The molecular weight excluding hydrogens is 308 g/mol. The lowest BCUT2D eigenvalue weighted by atomic mass is 10.2. The molecule has 0 amide bonds. The number of nitrogens with zero attached hydrogens (tertiary/aromatic N) is 3. The highest BCUT2D eigenvalue weighted by Gasteiger charge is 2.03. The van der Waals surface area contributed by atoms with Crippen LogP contribution in [0.15, 0.2) is 23.2 Å². The number of halogens is 1. The van der Waals surface area contributed by atoms with Crippen molar-refractivity contribution in [1.82, 2.24) is 19.7 Å². The first-order chi connectivity index (χ1) is 9.16. The van der Waals surface area contributed by atoms with Gasteiger partial charge in [0.2, 0.25) is 0 Å². The van der Waals surface area contributed by atoms with Gasteiger partial charge in [0.15, 0.2) is 5.65 Å². The lowest BCUT2D eigenvalue weighted by molar-refractivity contribution is 0.111. The molecule has 104 valence electrons. The predicted molar refractivity (Wildman–Crippen MR) is 78.1 cm³/mol. The third-order valence-electron chi connectivity index (χ3n) is 2.62. The van der Waals surface area contributed by atoms with Crippen molar-refractivity contribution in [3.8, 4) is 0 Å². The van der Waals surface area contributed by atoms with Crippen LogP contribution in [0.1, 0.15) is 19.5 Å². The molecular formula is C13H19BrN4O. The highest BCUT2D eigenvalue weighted by atomic mass is 79.9. The summed E-state index contributed by atoms with van der Waals surface area (Å²) in [5.74, 6) is 0.587. The maximum absolute atomic E-state index is 5.52. The third kappa shape index (κ3) is 4.26. The molecule has 6 heteroatoms. The molecule has 0 aliphatic rings. The van der Waals surface area contributed by atoms with Gasteiger partial charge < -0.3 is 10.1 Å². The molecule has 19 heavy (non-hydrogen) atoms. The zero-order chi connectivity index (χ0) is 13.7. The molecule has 2 aromatic rings. The van der Waals surface area contributed by atoms with Crippen molar-refractivity contribution >= 4 is 21.6 Å². The molecule has 0 atom stereocenters. The first-order valence-corrected chi connectivity index (χ1v) is 7.22. The van der Waals surface area contributed by atoms with Crippen LogP contribution in [0.5, 0.6) is 0 Å². The van der Waals surface area contributed by atoms with E-state index < -0.39 is 0 Å². The minimum absolute atomic E-state index is 0.587. The lowest BCUT2D eigenvalue weighted by Crippen LogP contribution is -2.21. The van der Waals surface area contributed by atoms with Crippen LogP contribution < -0.4 is 5.32 Å². The second kappa shape index (κ2) is 6.98. The van der Waals surface area contributed by atoms with Gasteiger partial charge in [0, 0.05) is 25.9 Å². The Morgan fingerprint density at radius 1 is 1.37 bits per heavy atom. The summed E-state index contributed by atoms with van der Waals surface area (Å²) in [7, 11) is 0. The molecule has 0 radical (unpaired) electrons. The summed E-state index contributed by atoms with van der Waals surface area (Å²) >= 11 is 3.37. The van der Waals surface area contributed by atoms with Crippen LogP contribution in [0.2, 0.25) is 0 Å². The molecule has 2 heterocycles. The number of imidazole rings is 1. The average Bonchev–Trinajstić information content (AvgIpc) is 2.76. The normalized spacial score (nSPS) is 11.6. The van der Waals surface area contributed by atoms with Gasteiger partial charge in [-0.05, 0) is 21.8 Å². The quantitative estimate of drug-likeness (QED) is 0.793. The summed E-state index contributed by atoms with van der Waals surface area (Å²) < 4.78 is 8.35. The molecule has 1 N–H and O–H groups in total. The summed E-state index contributed by atoms with van der Waals surface area (Å²) in [6.07, 6.45) is 5.54. The predicted octanol–water partition coefficient (Wildman–Crippen LogP) is 2.25. The molecule has 0 saturated carbocycles. The Hall–Kier alpha value is -0.980. The largest absolute Gasteiger partial charge is 0.380 e. The highest BCUT2D eigenvalue weighted by molar-refractivity contribution is 9.10. The third-order valence-corrected chi connectivity index (χ3v) is 3.03. The summed E-state index contributed by atoms with van der Waals surface area (Å²) in [6, 6.07) is 0. The molecule has 5 nitrogen and oxygen atoms in total. The summed E-state index contributed by atoms with van der Waals surface area (Å²) in [5, 5.41) is 3.35. The zero-order valence-corrected chi connectivity index (χ0v) is 12.9. The minimum Gasteiger partial charge on any atom is -0.380 e. The average molecular weight is 327 g/mol. The van der Waals surface area contributed by atoms with Crippen LogP contribution in [0.3, 0.4) is 0 Å². The van der Waals surface area contributed by atoms with E-state index in [2.05, 4.69) is 45.1 Å². The van der Waals surface area contributed by atoms with Gasteiger partial charge in [-0.15, -0.1) is 0 Å². The Morgan fingerprint density at radius 3 is 3.00 bits per heavy atom. The fourth-order valence-electron chi connectivity index (χ4n) is 1.73. The van der Waals surface area contributed by atoms with Crippen molar-refractivity contribution in [3.05, 3.63) is 28.9 Å². The Bertz CT molecular complexity index is 526. The minimum atomic E-state index is 0.587. The van der Waals surface area contributed by atoms with Crippen LogP contribution in [0, 0.1) is 5.92 Å². The number of aromatic nitrogens is 3. The van der Waals surface area contributed by atoms with E-state index >= 15 is 0 Å². The molecule has 0 saturated heterocycles. The van der Waals surface area contributed by atoms with E-state index in [1.54, 1.807) is 6.20 Å². The fraction of sp³-hybridized carbons (Fsp3) is 0.538.